The highest BCUT2D eigenvalue weighted by molar-refractivity contribution is 5.96. The maximum Gasteiger partial charge on any atom is 0.252 e. The molecule has 1 saturated heterocycles. The molecule has 0 bridgehead atoms. The number of rotatable bonds is 6. The van der Waals surface area contributed by atoms with Crippen LogP contribution in [0.25, 0.3) is 0 Å². The summed E-state index contributed by atoms with van der Waals surface area (Å²) in [4.78, 5) is 27.9. The Morgan fingerprint density at radius 2 is 2.17 bits per heavy atom. The Bertz CT molecular complexity index is 587. The van der Waals surface area contributed by atoms with Gasteiger partial charge in [0.25, 0.3) is 5.91 Å². The highest BCUT2D eigenvalue weighted by Crippen LogP contribution is 2.38. The minimum Gasteiger partial charge on any atom is -0.372 e. The third-order valence-corrected chi connectivity index (χ3v) is 4.72. The smallest absolute Gasteiger partial charge is 0.252 e. The number of hydrogen-bond acceptors (Lipinski definition) is 3. The van der Waals surface area contributed by atoms with Crippen molar-refractivity contribution in [1.82, 2.24) is 4.90 Å². The topological polar surface area (TPSA) is 49.9 Å². The number of likely N-dealkylation sites (tertiary alicyclic amines) is 1. The number of nitrogens with zero attached hydrogens (tertiary/aromatic N) is 2. The quantitative estimate of drug-likeness (QED) is 0.808. The van der Waals surface area contributed by atoms with Crippen molar-refractivity contribution in [3.63, 3.8) is 0 Å². The lowest BCUT2D eigenvalue weighted by molar-refractivity contribution is -0.127. The van der Waals surface area contributed by atoms with Gasteiger partial charge in [0, 0.05) is 44.3 Å². The van der Waals surface area contributed by atoms with Crippen LogP contribution in [0.5, 0.6) is 0 Å². The van der Waals surface area contributed by atoms with Crippen molar-refractivity contribution in [2.24, 2.45) is 0 Å². The molecule has 3 rings (SSSR count). The molecule has 124 valence electrons. The number of anilines is 1. The van der Waals surface area contributed by atoms with Crippen LogP contribution in [0.3, 0.4) is 0 Å². The molecule has 0 saturated carbocycles. The molecule has 1 aromatic carbocycles. The summed E-state index contributed by atoms with van der Waals surface area (Å²) < 4.78 is 5.27. The number of carbonyl (C=O) groups excluding carboxylic acids is 2. The monoisotopic (exact) mass is 316 g/mol. The molecule has 0 aliphatic carbocycles. The normalized spacial score (nSPS) is 20.2. The molecule has 5 nitrogen and oxygen atoms in total. The minimum atomic E-state index is 0.0130. The second kappa shape index (κ2) is 7.13. The molecule has 0 spiro atoms. The van der Waals surface area contributed by atoms with Gasteiger partial charge in [-0.2, -0.15) is 0 Å². The molecule has 2 heterocycles. The molecule has 1 fully saturated rings. The molecule has 1 atom stereocenters. The number of para-hydroxylation sites is 1. The largest absolute Gasteiger partial charge is 0.372 e. The number of carbonyl (C=O) groups is 2. The predicted octanol–water partition coefficient (Wildman–Crippen LogP) is 2.17. The van der Waals surface area contributed by atoms with E-state index in [1.807, 2.05) is 34.9 Å². The summed E-state index contributed by atoms with van der Waals surface area (Å²) in [6, 6.07) is 8.08. The standard InChI is InChI=1S/C18H24N2O3/c1-2-23-13-18(22)20-12-14(15-6-3-4-7-16(15)20)9-11-19-10-5-8-17(19)21/h3-4,6-7,14H,2,5,8-13H2,1H3/t14-/m1/s1. The number of amides is 2. The fraction of sp³-hybridized carbons (Fsp3) is 0.556. The van der Waals surface area contributed by atoms with Gasteiger partial charge < -0.3 is 14.5 Å². The summed E-state index contributed by atoms with van der Waals surface area (Å²) in [7, 11) is 0. The molecule has 2 amide bonds. The maximum absolute atomic E-state index is 12.4. The maximum atomic E-state index is 12.4. The molecular formula is C18H24N2O3. The van der Waals surface area contributed by atoms with Gasteiger partial charge in [-0.25, -0.2) is 0 Å². The summed E-state index contributed by atoms with van der Waals surface area (Å²) in [6.07, 6.45) is 2.56. The third-order valence-electron chi connectivity index (χ3n) is 4.72. The van der Waals surface area contributed by atoms with Gasteiger partial charge in [0.05, 0.1) is 0 Å². The van der Waals surface area contributed by atoms with Gasteiger partial charge in [-0.05, 0) is 31.4 Å². The van der Waals surface area contributed by atoms with Crippen molar-refractivity contribution in [2.45, 2.75) is 32.1 Å². The van der Waals surface area contributed by atoms with Gasteiger partial charge in [-0.1, -0.05) is 18.2 Å². The van der Waals surface area contributed by atoms with Gasteiger partial charge in [0.2, 0.25) is 5.91 Å². The Labute approximate surface area is 137 Å². The van der Waals surface area contributed by atoms with E-state index < -0.39 is 0 Å². The molecule has 0 unspecified atom stereocenters. The zero-order valence-electron chi connectivity index (χ0n) is 13.7. The number of benzene rings is 1. The lowest BCUT2D eigenvalue weighted by Crippen LogP contribution is -2.34. The predicted molar refractivity (Wildman–Crippen MR) is 88.5 cm³/mol. The van der Waals surface area contributed by atoms with Gasteiger partial charge in [-0.15, -0.1) is 0 Å². The first-order chi connectivity index (χ1) is 11.2. The Kier molecular flexibility index (Phi) is 4.96. The second-order valence-electron chi connectivity index (χ2n) is 6.17. The van der Waals surface area contributed by atoms with Crippen LogP contribution >= 0.6 is 0 Å². The summed E-state index contributed by atoms with van der Waals surface area (Å²) in [5.41, 5.74) is 2.21. The van der Waals surface area contributed by atoms with E-state index in [1.165, 1.54) is 5.56 Å². The molecule has 0 radical (unpaired) electrons. The Morgan fingerprint density at radius 1 is 1.35 bits per heavy atom. The molecule has 1 aromatic rings. The average Bonchev–Trinajstić information content (AvgIpc) is 3.14. The van der Waals surface area contributed by atoms with E-state index in [0.29, 0.717) is 25.5 Å². The minimum absolute atomic E-state index is 0.0130. The molecular weight excluding hydrogens is 292 g/mol. The zero-order valence-corrected chi connectivity index (χ0v) is 13.7. The van der Waals surface area contributed by atoms with Crippen LogP contribution < -0.4 is 4.90 Å². The lowest BCUT2D eigenvalue weighted by Gasteiger charge is -2.20. The summed E-state index contributed by atoms with van der Waals surface area (Å²) in [5.74, 6) is 0.574. The third kappa shape index (κ3) is 3.39. The van der Waals surface area contributed by atoms with Crippen molar-refractivity contribution in [3.05, 3.63) is 29.8 Å². The lowest BCUT2D eigenvalue weighted by atomic mass is 9.98. The van der Waals surface area contributed by atoms with Crippen molar-refractivity contribution in [1.29, 1.82) is 0 Å². The van der Waals surface area contributed by atoms with Crippen LogP contribution in [0.2, 0.25) is 0 Å². The number of hydrogen-bond donors (Lipinski definition) is 0. The Hall–Kier alpha value is -1.88. The van der Waals surface area contributed by atoms with Crippen LogP contribution in [0.1, 0.15) is 37.7 Å². The average molecular weight is 316 g/mol. The highest BCUT2D eigenvalue weighted by Gasteiger charge is 2.32. The molecule has 5 heteroatoms. The fourth-order valence-electron chi connectivity index (χ4n) is 3.50. The second-order valence-corrected chi connectivity index (χ2v) is 6.17. The zero-order chi connectivity index (χ0) is 16.2. The van der Waals surface area contributed by atoms with Crippen molar-refractivity contribution >= 4 is 17.5 Å². The fourth-order valence-corrected chi connectivity index (χ4v) is 3.50. The van der Waals surface area contributed by atoms with Crippen LogP contribution in [-0.2, 0) is 14.3 Å². The van der Waals surface area contributed by atoms with E-state index in [-0.39, 0.29) is 18.4 Å². The molecule has 2 aliphatic rings. The van der Waals surface area contributed by atoms with E-state index in [1.54, 1.807) is 0 Å². The van der Waals surface area contributed by atoms with E-state index in [2.05, 4.69) is 6.07 Å². The Balaban J connectivity index is 1.68. The van der Waals surface area contributed by atoms with Gasteiger partial charge in [0.15, 0.2) is 0 Å². The van der Waals surface area contributed by atoms with Crippen LogP contribution in [0, 0.1) is 0 Å². The summed E-state index contributed by atoms with van der Waals surface area (Å²) in [5, 5.41) is 0. The Morgan fingerprint density at radius 3 is 2.91 bits per heavy atom. The van der Waals surface area contributed by atoms with Crippen LogP contribution in [0.15, 0.2) is 24.3 Å². The highest BCUT2D eigenvalue weighted by atomic mass is 16.5. The van der Waals surface area contributed by atoms with E-state index >= 15 is 0 Å². The molecule has 2 aliphatic heterocycles. The summed E-state index contributed by atoms with van der Waals surface area (Å²) >= 11 is 0. The van der Waals surface area contributed by atoms with Gasteiger partial charge >= 0.3 is 0 Å². The van der Waals surface area contributed by atoms with E-state index in [9.17, 15) is 9.59 Å². The van der Waals surface area contributed by atoms with Gasteiger partial charge in [0.1, 0.15) is 6.61 Å². The molecule has 23 heavy (non-hydrogen) atoms. The first-order valence-electron chi connectivity index (χ1n) is 8.45. The van der Waals surface area contributed by atoms with E-state index in [0.717, 1.165) is 31.6 Å². The number of ether oxygens (including phenoxy) is 1. The van der Waals surface area contributed by atoms with Crippen LogP contribution in [0.4, 0.5) is 5.69 Å². The number of fused-ring (bicyclic) bond motifs is 1. The molecule has 0 aromatic heterocycles. The molecule has 0 N–H and O–H groups in total. The van der Waals surface area contributed by atoms with Crippen molar-refractivity contribution in [2.75, 3.05) is 37.7 Å². The van der Waals surface area contributed by atoms with Crippen molar-refractivity contribution < 1.29 is 14.3 Å². The first kappa shape index (κ1) is 16.0. The summed E-state index contributed by atoms with van der Waals surface area (Å²) in [6.45, 7) is 4.91. The van der Waals surface area contributed by atoms with Crippen LogP contribution in [-0.4, -0.2) is 49.6 Å². The van der Waals surface area contributed by atoms with E-state index in [4.69, 9.17) is 4.74 Å². The van der Waals surface area contributed by atoms with Gasteiger partial charge in [-0.3, -0.25) is 9.59 Å². The first-order valence-corrected chi connectivity index (χ1v) is 8.45. The SMILES string of the molecule is CCOCC(=O)N1C[C@@H](CCN2CCCC2=O)c2ccccc21. The van der Waals surface area contributed by atoms with Crippen molar-refractivity contribution in [3.8, 4) is 0 Å².